The Balaban J connectivity index is 2.08. The first-order chi connectivity index (χ1) is 17.8. The molecule has 0 amide bonds. The van der Waals surface area contributed by atoms with Crippen molar-refractivity contribution in [3.8, 4) is 0 Å². The Morgan fingerprint density at radius 2 is 1.34 bits per heavy atom. The lowest BCUT2D eigenvalue weighted by Gasteiger charge is -2.44. The lowest BCUT2D eigenvalue weighted by atomic mass is 9.81. The number of benzene rings is 2. The van der Waals surface area contributed by atoms with Crippen molar-refractivity contribution in [1.29, 1.82) is 0 Å². The monoisotopic (exact) mass is 542 g/mol. The summed E-state index contributed by atoms with van der Waals surface area (Å²) in [7, 11) is -2.94. The molecule has 1 aliphatic heterocycles. The van der Waals surface area contributed by atoms with Crippen LogP contribution in [-0.2, 0) is 37.8 Å². The van der Waals surface area contributed by atoms with E-state index in [0.717, 1.165) is 10.4 Å². The third-order valence-corrected chi connectivity index (χ3v) is 12.0. The average molecular weight is 543 g/mol. The summed E-state index contributed by atoms with van der Waals surface area (Å²) in [5.74, 6) is -1.65. The molecule has 9 heteroatoms. The van der Waals surface area contributed by atoms with E-state index in [1.807, 2.05) is 36.4 Å². The van der Waals surface area contributed by atoms with Crippen LogP contribution in [0.15, 0.2) is 60.7 Å². The highest BCUT2D eigenvalue weighted by molar-refractivity contribution is 6.99. The molecule has 0 spiro atoms. The van der Waals surface area contributed by atoms with E-state index < -0.39 is 50.1 Å². The van der Waals surface area contributed by atoms with Gasteiger partial charge in [0.05, 0.1) is 18.1 Å². The molecule has 4 atom stereocenters. The van der Waals surface area contributed by atoms with E-state index >= 15 is 0 Å². The number of rotatable bonds is 9. The number of ether oxygens (including phenoxy) is 4. The van der Waals surface area contributed by atoms with E-state index in [2.05, 4.69) is 45.0 Å². The Morgan fingerprint density at radius 1 is 0.842 bits per heavy atom. The standard InChI is InChI=1S/C29H38O8Si/c1-20(30)33-19-29(7)25(37-27(36-22(3)32)26(29)35-21(2)31)18-34-38(28(4,5)6,23-14-10-8-11-15-23)24-16-12-9-13-17-24/h8-17,25-27H,18-19H2,1-7H3/t25-,26+,27?,29-/m1/s1. The van der Waals surface area contributed by atoms with Crippen LogP contribution >= 0.6 is 0 Å². The molecule has 0 bridgehead atoms. The lowest BCUT2D eigenvalue weighted by molar-refractivity contribution is -0.196. The molecule has 206 valence electrons. The minimum Gasteiger partial charge on any atom is -0.465 e. The molecule has 1 aliphatic rings. The summed E-state index contributed by atoms with van der Waals surface area (Å²) in [6.45, 7) is 12.1. The summed E-state index contributed by atoms with van der Waals surface area (Å²) in [6.07, 6.45) is -2.90. The van der Waals surface area contributed by atoms with Gasteiger partial charge in [0.1, 0.15) is 6.61 Å². The molecule has 0 aromatic heterocycles. The first kappa shape index (κ1) is 29.5. The van der Waals surface area contributed by atoms with Gasteiger partial charge in [-0.3, -0.25) is 14.4 Å². The maximum absolute atomic E-state index is 12.0. The SMILES string of the molecule is CC(=O)OC[C@]1(C)[C@@H](CO[Si](c2ccccc2)(c2ccccc2)C(C)(C)C)OC(OC(C)=O)[C@@H]1OC(C)=O. The van der Waals surface area contributed by atoms with Gasteiger partial charge in [0, 0.05) is 20.8 Å². The zero-order valence-corrected chi connectivity index (χ0v) is 24.2. The van der Waals surface area contributed by atoms with Crippen LogP contribution in [0.5, 0.6) is 0 Å². The first-order valence-corrected chi connectivity index (χ1v) is 14.6. The molecule has 2 aromatic carbocycles. The van der Waals surface area contributed by atoms with E-state index in [-0.39, 0.29) is 18.3 Å². The maximum Gasteiger partial charge on any atom is 0.305 e. The van der Waals surface area contributed by atoms with Gasteiger partial charge in [-0.1, -0.05) is 81.4 Å². The minimum atomic E-state index is -2.94. The molecule has 38 heavy (non-hydrogen) atoms. The molecule has 1 fully saturated rings. The Morgan fingerprint density at radius 3 is 1.76 bits per heavy atom. The molecule has 8 nitrogen and oxygen atoms in total. The van der Waals surface area contributed by atoms with E-state index in [1.165, 1.54) is 20.8 Å². The fraction of sp³-hybridized carbons (Fsp3) is 0.483. The van der Waals surface area contributed by atoms with Crippen LogP contribution in [0, 0.1) is 5.41 Å². The van der Waals surface area contributed by atoms with Crippen LogP contribution < -0.4 is 10.4 Å². The van der Waals surface area contributed by atoms with E-state index in [9.17, 15) is 14.4 Å². The molecule has 1 unspecified atom stereocenters. The summed E-state index contributed by atoms with van der Waals surface area (Å²) < 4.78 is 29.6. The molecule has 3 rings (SSSR count). The van der Waals surface area contributed by atoms with Crippen molar-refractivity contribution < 1.29 is 37.8 Å². The van der Waals surface area contributed by atoms with Crippen LogP contribution in [-0.4, -0.2) is 57.9 Å². The van der Waals surface area contributed by atoms with Gasteiger partial charge in [-0.05, 0) is 22.3 Å². The van der Waals surface area contributed by atoms with E-state index in [0.29, 0.717) is 0 Å². The number of carbonyl (C=O) groups excluding carboxylic acids is 3. The first-order valence-electron chi connectivity index (χ1n) is 12.7. The zero-order valence-electron chi connectivity index (χ0n) is 23.2. The normalized spacial score (nSPS) is 23.5. The highest BCUT2D eigenvalue weighted by Crippen LogP contribution is 2.44. The third kappa shape index (κ3) is 6.17. The second kappa shape index (κ2) is 11.8. The smallest absolute Gasteiger partial charge is 0.305 e. The van der Waals surface area contributed by atoms with Crippen molar-refractivity contribution in [2.75, 3.05) is 13.2 Å². The number of hydrogen-bond acceptors (Lipinski definition) is 8. The van der Waals surface area contributed by atoms with Crippen LogP contribution in [0.1, 0.15) is 48.5 Å². The molecule has 0 radical (unpaired) electrons. The van der Waals surface area contributed by atoms with Gasteiger partial charge in [0.15, 0.2) is 6.10 Å². The van der Waals surface area contributed by atoms with Gasteiger partial charge < -0.3 is 23.4 Å². The minimum absolute atomic E-state index is 0.0839. The van der Waals surface area contributed by atoms with Crippen molar-refractivity contribution >= 4 is 36.6 Å². The average Bonchev–Trinajstić information content (AvgIpc) is 3.08. The fourth-order valence-corrected chi connectivity index (χ4v) is 9.69. The van der Waals surface area contributed by atoms with E-state index in [1.54, 1.807) is 6.92 Å². The third-order valence-electron chi connectivity index (χ3n) is 6.96. The molecular formula is C29H38O8Si. The Labute approximate surface area is 225 Å². The Bertz CT molecular complexity index is 1070. The van der Waals surface area contributed by atoms with Gasteiger partial charge in [0.25, 0.3) is 8.32 Å². The van der Waals surface area contributed by atoms with Gasteiger partial charge in [-0.2, -0.15) is 0 Å². The van der Waals surface area contributed by atoms with Gasteiger partial charge >= 0.3 is 17.9 Å². The van der Waals surface area contributed by atoms with Crippen LogP contribution in [0.4, 0.5) is 0 Å². The van der Waals surface area contributed by atoms with Gasteiger partial charge in [-0.25, -0.2) is 0 Å². The van der Waals surface area contributed by atoms with Crippen molar-refractivity contribution in [3.05, 3.63) is 60.7 Å². The predicted molar refractivity (Wildman–Crippen MR) is 144 cm³/mol. The summed E-state index contributed by atoms with van der Waals surface area (Å²) >= 11 is 0. The van der Waals surface area contributed by atoms with Crippen LogP contribution in [0.25, 0.3) is 0 Å². The molecular weight excluding hydrogens is 504 g/mol. The second-order valence-electron chi connectivity index (χ2n) is 10.9. The number of carbonyl (C=O) groups is 3. The summed E-state index contributed by atoms with van der Waals surface area (Å²) in [5.41, 5.74) is -1.05. The second-order valence-corrected chi connectivity index (χ2v) is 15.2. The largest absolute Gasteiger partial charge is 0.465 e. The van der Waals surface area contributed by atoms with E-state index in [4.69, 9.17) is 23.4 Å². The molecule has 2 aromatic rings. The van der Waals surface area contributed by atoms with Crippen molar-refractivity contribution in [3.63, 3.8) is 0 Å². The molecule has 1 saturated heterocycles. The topological polar surface area (TPSA) is 97.4 Å². The predicted octanol–water partition coefficient (Wildman–Crippen LogP) is 3.35. The molecule has 1 heterocycles. The van der Waals surface area contributed by atoms with Gasteiger partial charge in [0.2, 0.25) is 6.29 Å². The Kier molecular flexibility index (Phi) is 9.17. The molecule has 0 aliphatic carbocycles. The highest BCUT2D eigenvalue weighted by atomic mass is 28.4. The van der Waals surface area contributed by atoms with Crippen molar-refractivity contribution in [2.45, 2.75) is 72.0 Å². The van der Waals surface area contributed by atoms with Gasteiger partial charge in [-0.15, -0.1) is 0 Å². The van der Waals surface area contributed by atoms with Crippen molar-refractivity contribution in [1.82, 2.24) is 0 Å². The number of esters is 3. The number of hydrogen-bond donors (Lipinski definition) is 0. The fourth-order valence-electron chi connectivity index (χ4n) is 5.13. The maximum atomic E-state index is 12.0. The molecule has 0 saturated carbocycles. The van der Waals surface area contributed by atoms with Crippen LogP contribution in [0.3, 0.4) is 0 Å². The van der Waals surface area contributed by atoms with Crippen LogP contribution in [0.2, 0.25) is 5.04 Å². The lowest BCUT2D eigenvalue weighted by Crippen LogP contribution is -2.67. The summed E-state index contributed by atoms with van der Waals surface area (Å²) in [5, 5.41) is 1.89. The zero-order chi connectivity index (χ0) is 28.1. The highest BCUT2D eigenvalue weighted by Gasteiger charge is 2.59. The van der Waals surface area contributed by atoms with Crippen molar-refractivity contribution in [2.24, 2.45) is 5.41 Å². The quantitative estimate of drug-likeness (QED) is 0.270. The summed E-state index contributed by atoms with van der Waals surface area (Å²) in [6, 6.07) is 20.3. The molecule has 0 N–H and O–H groups in total. The summed E-state index contributed by atoms with van der Waals surface area (Å²) in [4.78, 5) is 35.7. The Hall–Kier alpha value is -3.01.